The number of halogens is 2. The Labute approximate surface area is 129 Å². The van der Waals surface area contributed by atoms with Gasteiger partial charge in [0, 0.05) is 15.0 Å². The molecular formula is C15H12Br2N2. The number of nitriles is 1. The van der Waals surface area contributed by atoms with Gasteiger partial charge in [-0.3, -0.25) is 0 Å². The fourth-order valence-corrected chi connectivity index (χ4v) is 2.86. The predicted octanol–water partition coefficient (Wildman–Crippen LogP) is 5.26. The van der Waals surface area contributed by atoms with E-state index < -0.39 is 0 Å². The van der Waals surface area contributed by atoms with Gasteiger partial charge in [0.05, 0.1) is 11.3 Å². The molecule has 4 heteroatoms. The zero-order valence-electron chi connectivity index (χ0n) is 10.3. The summed E-state index contributed by atoms with van der Waals surface area (Å²) >= 11 is 6.97. The Hall–Kier alpha value is -1.31. The van der Waals surface area contributed by atoms with Crippen molar-refractivity contribution < 1.29 is 0 Å². The molecule has 1 unspecified atom stereocenters. The SMILES string of the molecule is CC(Nc1cc(Br)ccc1C#N)c1ccccc1Br. The maximum atomic E-state index is 9.13. The van der Waals surface area contributed by atoms with Crippen LogP contribution in [-0.4, -0.2) is 0 Å². The zero-order chi connectivity index (χ0) is 13.8. The van der Waals surface area contributed by atoms with E-state index >= 15 is 0 Å². The summed E-state index contributed by atoms with van der Waals surface area (Å²) in [6.45, 7) is 2.07. The highest BCUT2D eigenvalue weighted by Gasteiger charge is 2.11. The molecule has 96 valence electrons. The lowest BCUT2D eigenvalue weighted by Gasteiger charge is -2.18. The van der Waals surface area contributed by atoms with Gasteiger partial charge in [-0.05, 0) is 36.8 Å². The van der Waals surface area contributed by atoms with Crippen LogP contribution in [0.15, 0.2) is 51.4 Å². The van der Waals surface area contributed by atoms with Gasteiger partial charge < -0.3 is 5.32 Å². The van der Waals surface area contributed by atoms with Crippen LogP contribution in [0.1, 0.15) is 24.1 Å². The Morgan fingerprint density at radius 1 is 1.16 bits per heavy atom. The monoisotopic (exact) mass is 378 g/mol. The molecule has 0 aliphatic heterocycles. The molecular weight excluding hydrogens is 368 g/mol. The van der Waals surface area contributed by atoms with E-state index in [1.165, 1.54) is 0 Å². The molecule has 0 fully saturated rings. The molecule has 19 heavy (non-hydrogen) atoms. The molecule has 0 saturated heterocycles. The Morgan fingerprint density at radius 2 is 1.89 bits per heavy atom. The van der Waals surface area contributed by atoms with Gasteiger partial charge in [-0.1, -0.05) is 50.1 Å². The average Bonchev–Trinajstić information content (AvgIpc) is 2.39. The number of nitrogens with zero attached hydrogens (tertiary/aromatic N) is 1. The van der Waals surface area contributed by atoms with Gasteiger partial charge in [-0.25, -0.2) is 0 Å². The molecule has 0 radical (unpaired) electrons. The van der Waals surface area contributed by atoms with Crippen molar-refractivity contribution in [3.05, 3.63) is 62.5 Å². The second-order valence-corrected chi connectivity index (χ2v) is 5.96. The van der Waals surface area contributed by atoms with Crippen LogP contribution in [0.25, 0.3) is 0 Å². The predicted molar refractivity (Wildman–Crippen MR) is 85.0 cm³/mol. The molecule has 0 aromatic heterocycles. The standard InChI is InChI=1S/C15H12Br2N2/c1-10(13-4-2-3-5-14(13)17)19-15-8-12(16)7-6-11(15)9-18/h2-8,10,19H,1H3. The summed E-state index contributed by atoms with van der Waals surface area (Å²) in [5.41, 5.74) is 2.63. The first-order valence-electron chi connectivity index (χ1n) is 5.82. The zero-order valence-corrected chi connectivity index (χ0v) is 13.5. The van der Waals surface area contributed by atoms with Crippen molar-refractivity contribution in [1.29, 1.82) is 5.26 Å². The van der Waals surface area contributed by atoms with Crippen molar-refractivity contribution in [2.45, 2.75) is 13.0 Å². The van der Waals surface area contributed by atoms with E-state index in [4.69, 9.17) is 5.26 Å². The summed E-state index contributed by atoms with van der Waals surface area (Å²) in [6, 6.07) is 16.0. The summed E-state index contributed by atoms with van der Waals surface area (Å²) in [6.07, 6.45) is 0. The summed E-state index contributed by atoms with van der Waals surface area (Å²) in [5, 5.41) is 12.5. The minimum absolute atomic E-state index is 0.108. The Bertz CT molecular complexity index is 632. The number of nitrogens with one attached hydrogen (secondary N) is 1. The lowest BCUT2D eigenvalue weighted by atomic mass is 10.1. The van der Waals surface area contributed by atoms with Crippen LogP contribution in [0.5, 0.6) is 0 Å². The normalized spacial score (nSPS) is 11.7. The molecule has 0 amide bonds. The van der Waals surface area contributed by atoms with Crippen molar-refractivity contribution in [1.82, 2.24) is 0 Å². The highest BCUT2D eigenvalue weighted by molar-refractivity contribution is 9.10. The van der Waals surface area contributed by atoms with Gasteiger partial charge in [0.2, 0.25) is 0 Å². The molecule has 2 nitrogen and oxygen atoms in total. The quantitative estimate of drug-likeness (QED) is 0.789. The second-order valence-electron chi connectivity index (χ2n) is 4.19. The van der Waals surface area contributed by atoms with E-state index in [0.29, 0.717) is 5.56 Å². The lowest BCUT2D eigenvalue weighted by molar-refractivity contribution is 0.878. The van der Waals surface area contributed by atoms with Crippen LogP contribution in [0, 0.1) is 11.3 Å². The first-order valence-corrected chi connectivity index (χ1v) is 7.41. The van der Waals surface area contributed by atoms with Crippen LogP contribution in [0.2, 0.25) is 0 Å². The summed E-state index contributed by atoms with van der Waals surface area (Å²) in [7, 11) is 0. The molecule has 0 aliphatic carbocycles. The first kappa shape index (κ1) is 14.1. The summed E-state index contributed by atoms with van der Waals surface area (Å²) < 4.78 is 2.01. The molecule has 1 N–H and O–H groups in total. The lowest BCUT2D eigenvalue weighted by Crippen LogP contribution is -2.08. The molecule has 2 aromatic carbocycles. The number of rotatable bonds is 3. The molecule has 0 saturated carbocycles. The van der Waals surface area contributed by atoms with Crippen molar-refractivity contribution in [2.75, 3.05) is 5.32 Å². The Morgan fingerprint density at radius 3 is 2.58 bits per heavy atom. The maximum absolute atomic E-state index is 9.13. The van der Waals surface area contributed by atoms with E-state index in [2.05, 4.69) is 56.2 Å². The third-order valence-corrected chi connectivity index (χ3v) is 4.06. The van der Waals surface area contributed by atoms with E-state index in [0.717, 1.165) is 20.2 Å². The highest BCUT2D eigenvalue weighted by atomic mass is 79.9. The average molecular weight is 380 g/mol. The second kappa shape index (κ2) is 6.23. The van der Waals surface area contributed by atoms with Gasteiger partial charge in [0.15, 0.2) is 0 Å². The topological polar surface area (TPSA) is 35.8 Å². The van der Waals surface area contributed by atoms with Crippen LogP contribution >= 0.6 is 31.9 Å². The van der Waals surface area contributed by atoms with Gasteiger partial charge in [0.1, 0.15) is 6.07 Å². The van der Waals surface area contributed by atoms with E-state index in [1.54, 1.807) is 6.07 Å². The highest BCUT2D eigenvalue weighted by Crippen LogP contribution is 2.28. The third-order valence-electron chi connectivity index (χ3n) is 2.85. The van der Waals surface area contributed by atoms with Gasteiger partial charge in [0.25, 0.3) is 0 Å². The minimum atomic E-state index is 0.108. The largest absolute Gasteiger partial charge is 0.377 e. The van der Waals surface area contributed by atoms with Crippen LogP contribution < -0.4 is 5.32 Å². The number of benzene rings is 2. The molecule has 0 aliphatic rings. The maximum Gasteiger partial charge on any atom is 0.101 e. The smallest absolute Gasteiger partial charge is 0.101 e. The van der Waals surface area contributed by atoms with Crippen molar-refractivity contribution in [3.63, 3.8) is 0 Å². The molecule has 0 bridgehead atoms. The fourth-order valence-electron chi connectivity index (χ4n) is 1.87. The van der Waals surface area contributed by atoms with Crippen molar-refractivity contribution >= 4 is 37.5 Å². The fraction of sp³-hybridized carbons (Fsp3) is 0.133. The molecule has 0 heterocycles. The van der Waals surface area contributed by atoms with Gasteiger partial charge in [-0.2, -0.15) is 5.26 Å². The minimum Gasteiger partial charge on any atom is -0.377 e. The third kappa shape index (κ3) is 3.37. The summed E-state index contributed by atoms with van der Waals surface area (Å²) in [4.78, 5) is 0. The number of anilines is 1. The number of hydrogen-bond donors (Lipinski definition) is 1. The molecule has 2 aromatic rings. The van der Waals surface area contributed by atoms with Crippen molar-refractivity contribution in [3.8, 4) is 6.07 Å². The van der Waals surface area contributed by atoms with Gasteiger partial charge >= 0.3 is 0 Å². The van der Waals surface area contributed by atoms with Crippen LogP contribution in [0.4, 0.5) is 5.69 Å². The first-order chi connectivity index (χ1) is 9.11. The van der Waals surface area contributed by atoms with Crippen LogP contribution in [-0.2, 0) is 0 Å². The molecule has 1 atom stereocenters. The van der Waals surface area contributed by atoms with Gasteiger partial charge in [-0.15, -0.1) is 0 Å². The molecule has 2 rings (SSSR count). The summed E-state index contributed by atoms with van der Waals surface area (Å²) in [5.74, 6) is 0. The van der Waals surface area contributed by atoms with Crippen molar-refractivity contribution in [2.24, 2.45) is 0 Å². The Balaban J connectivity index is 2.29. The number of hydrogen-bond acceptors (Lipinski definition) is 2. The van der Waals surface area contributed by atoms with E-state index in [-0.39, 0.29) is 6.04 Å². The van der Waals surface area contributed by atoms with E-state index in [1.807, 2.05) is 30.3 Å². The molecule has 0 spiro atoms. The Kier molecular flexibility index (Phi) is 4.62. The van der Waals surface area contributed by atoms with E-state index in [9.17, 15) is 0 Å². The van der Waals surface area contributed by atoms with Crippen LogP contribution in [0.3, 0.4) is 0 Å².